The highest BCUT2D eigenvalue weighted by atomic mass is 16.5. The number of urea groups is 1. The number of benzene rings is 2. The number of rotatable bonds is 6. The molecule has 2 aromatic rings. The van der Waals surface area contributed by atoms with Crippen molar-refractivity contribution in [2.24, 2.45) is 5.92 Å². The highest BCUT2D eigenvalue weighted by Gasteiger charge is 2.21. The summed E-state index contributed by atoms with van der Waals surface area (Å²) in [5.41, 5.74) is 3.96. The van der Waals surface area contributed by atoms with Crippen molar-refractivity contribution in [3.63, 3.8) is 0 Å². The maximum atomic E-state index is 12.2. The number of carbonyl (C=O) groups is 1. The predicted octanol–water partition coefficient (Wildman–Crippen LogP) is 3.07. The van der Waals surface area contributed by atoms with Crippen molar-refractivity contribution in [2.45, 2.75) is 38.1 Å². The topological polar surface area (TPSA) is 62.4 Å². The summed E-state index contributed by atoms with van der Waals surface area (Å²) in [7, 11) is 0. The van der Waals surface area contributed by atoms with E-state index in [1.165, 1.54) is 16.7 Å². The van der Waals surface area contributed by atoms with Gasteiger partial charge < -0.3 is 20.7 Å². The number of carbonyl (C=O) groups excluding carboxylic acids is 1. The summed E-state index contributed by atoms with van der Waals surface area (Å²) in [6.07, 6.45) is 5.02. The van der Waals surface area contributed by atoms with Gasteiger partial charge in [0.25, 0.3) is 0 Å². The standard InChI is InChI=1S/C24H31N3O2/c28-24(27-22-10-12-25-13-11-22)26-16-20-15-21-14-19(8-9-23(21)29-17-20)7-6-18-4-2-1-3-5-18/h1-5,8-9,14,20,22,25H,6-7,10-13,15-17H2,(H2,26,27,28). The van der Waals surface area contributed by atoms with E-state index >= 15 is 0 Å². The second kappa shape index (κ2) is 9.79. The van der Waals surface area contributed by atoms with E-state index in [0.717, 1.165) is 50.9 Å². The third-order valence-electron chi connectivity index (χ3n) is 5.88. The Morgan fingerprint density at radius 3 is 2.66 bits per heavy atom. The first-order valence-corrected chi connectivity index (χ1v) is 10.8. The SMILES string of the molecule is O=C(NCC1COc2ccc(CCc3ccccc3)cc2C1)NC1CCNCC1. The number of fused-ring (bicyclic) bond motifs is 1. The molecule has 154 valence electrons. The van der Waals surface area contributed by atoms with Gasteiger partial charge in [-0.1, -0.05) is 42.5 Å². The van der Waals surface area contributed by atoms with Crippen LogP contribution in [0.4, 0.5) is 4.79 Å². The lowest BCUT2D eigenvalue weighted by atomic mass is 9.94. The molecule has 2 aliphatic rings. The van der Waals surface area contributed by atoms with Gasteiger partial charge in [-0.15, -0.1) is 0 Å². The van der Waals surface area contributed by atoms with Gasteiger partial charge in [0.2, 0.25) is 0 Å². The zero-order valence-electron chi connectivity index (χ0n) is 17.0. The van der Waals surface area contributed by atoms with E-state index in [-0.39, 0.29) is 12.1 Å². The van der Waals surface area contributed by atoms with Gasteiger partial charge in [-0.05, 0) is 68.0 Å². The predicted molar refractivity (Wildman–Crippen MR) is 115 cm³/mol. The first kappa shape index (κ1) is 19.8. The third kappa shape index (κ3) is 5.73. The number of aryl methyl sites for hydroxylation is 2. The molecule has 0 aliphatic carbocycles. The summed E-state index contributed by atoms with van der Waals surface area (Å²) in [5, 5.41) is 9.44. The molecule has 1 fully saturated rings. The molecule has 2 amide bonds. The molecule has 29 heavy (non-hydrogen) atoms. The fraction of sp³-hybridized carbons (Fsp3) is 0.458. The van der Waals surface area contributed by atoms with Crippen molar-refractivity contribution in [1.82, 2.24) is 16.0 Å². The molecule has 1 unspecified atom stereocenters. The zero-order chi connectivity index (χ0) is 19.9. The number of piperidine rings is 1. The molecule has 2 aliphatic heterocycles. The van der Waals surface area contributed by atoms with Crippen molar-refractivity contribution >= 4 is 6.03 Å². The van der Waals surface area contributed by atoms with Crippen LogP contribution >= 0.6 is 0 Å². The lowest BCUT2D eigenvalue weighted by molar-refractivity contribution is 0.208. The van der Waals surface area contributed by atoms with Crippen LogP contribution in [0.15, 0.2) is 48.5 Å². The molecule has 0 bridgehead atoms. The monoisotopic (exact) mass is 393 g/mol. The van der Waals surface area contributed by atoms with Crippen LogP contribution in [0.2, 0.25) is 0 Å². The average Bonchev–Trinajstić information content (AvgIpc) is 2.77. The van der Waals surface area contributed by atoms with Gasteiger partial charge in [-0.25, -0.2) is 4.79 Å². The molecule has 2 heterocycles. The Labute approximate surface area is 173 Å². The summed E-state index contributed by atoms with van der Waals surface area (Å²) < 4.78 is 5.96. The van der Waals surface area contributed by atoms with Crippen LogP contribution in [-0.4, -0.2) is 38.3 Å². The average molecular weight is 394 g/mol. The molecule has 5 heteroatoms. The second-order valence-electron chi connectivity index (χ2n) is 8.19. The van der Waals surface area contributed by atoms with Gasteiger partial charge in [0.05, 0.1) is 6.61 Å². The van der Waals surface area contributed by atoms with Crippen LogP contribution in [0.25, 0.3) is 0 Å². The molecule has 0 saturated carbocycles. The molecule has 2 aromatic carbocycles. The smallest absolute Gasteiger partial charge is 0.315 e. The van der Waals surface area contributed by atoms with E-state index in [1.807, 2.05) is 0 Å². The summed E-state index contributed by atoms with van der Waals surface area (Å²) >= 11 is 0. The Hall–Kier alpha value is -2.53. The van der Waals surface area contributed by atoms with Crippen molar-refractivity contribution in [3.8, 4) is 5.75 Å². The van der Waals surface area contributed by atoms with E-state index in [1.54, 1.807) is 0 Å². The largest absolute Gasteiger partial charge is 0.493 e. The fourth-order valence-corrected chi connectivity index (χ4v) is 4.17. The first-order valence-electron chi connectivity index (χ1n) is 10.8. The molecule has 0 spiro atoms. The summed E-state index contributed by atoms with van der Waals surface area (Å²) in [5.74, 6) is 1.30. The Bertz CT molecular complexity index is 803. The van der Waals surface area contributed by atoms with Crippen molar-refractivity contribution in [1.29, 1.82) is 0 Å². The maximum absolute atomic E-state index is 12.2. The molecule has 4 rings (SSSR count). The molecular weight excluding hydrogens is 362 g/mol. The molecule has 1 atom stereocenters. The molecule has 3 N–H and O–H groups in total. The van der Waals surface area contributed by atoms with E-state index in [0.29, 0.717) is 19.1 Å². The van der Waals surface area contributed by atoms with Crippen LogP contribution in [0, 0.1) is 5.92 Å². The maximum Gasteiger partial charge on any atom is 0.315 e. The summed E-state index contributed by atoms with van der Waals surface area (Å²) in [6.45, 7) is 3.25. The zero-order valence-corrected chi connectivity index (χ0v) is 17.0. The van der Waals surface area contributed by atoms with E-state index in [4.69, 9.17) is 4.74 Å². The number of nitrogens with one attached hydrogen (secondary N) is 3. The number of hydrogen-bond donors (Lipinski definition) is 3. The molecule has 0 aromatic heterocycles. The van der Waals surface area contributed by atoms with Crippen LogP contribution in [0.3, 0.4) is 0 Å². The van der Waals surface area contributed by atoms with Gasteiger partial charge in [0.1, 0.15) is 5.75 Å². The Morgan fingerprint density at radius 1 is 1.03 bits per heavy atom. The van der Waals surface area contributed by atoms with E-state index < -0.39 is 0 Å². The quantitative estimate of drug-likeness (QED) is 0.707. The molecule has 1 saturated heterocycles. The summed E-state index contributed by atoms with van der Waals surface area (Å²) in [4.78, 5) is 12.2. The van der Waals surface area contributed by atoms with Gasteiger partial charge in [0, 0.05) is 18.5 Å². The number of ether oxygens (including phenoxy) is 1. The first-order chi connectivity index (χ1) is 14.3. The van der Waals surface area contributed by atoms with E-state index in [2.05, 4.69) is 64.5 Å². The van der Waals surface area contributed by atoms with Gasteiger partial charge in [0.15, 0.2) is 0 Å². The van der Waals surface area contributed by atoms with Crippen LogP contribution in [-0.2, 0) is 19.3 Å². The summed E-state index contributed by atoms with van der Waals surface area (Å²) in [6, 6.07) is 17.4. The minimum Gasteiger partial charge on any atom is -0.493 e. The van der Waals surface area contributed by atoms with Crippen molar-refractivity contribution in [2.75, 3.05) is 26.2 Å². The Morgan fingerprint density at radius 2 is 1.83 bits per heavy atom. The van der Waals surface area contributed by atoms with Crippen molar-refractivity contribution < 1.29 is 9.53 Å². The van der Waals surface area contributed by atoms with Gasteiger partial charge >= 0.3 is 6.03 Å². The van der Waals surface area contributed by atoms with Gasteiger partial charge in [-0.3, -0.25) is 0 Å². The van der Waals surface area contributed by atoms with Crippen LogP contribution in [0.5, 0.6) is 5.75 Å². The minimum atomic E-state index is -0.0562. The third-order valence-corrected chi connectivity index (χ3v) is 5.88. The Kier molecular flexibility index (Phi) is 6.67. The number of amides is 2. The van der Waals surface area contributed by atoms with Gasteiger partial charge in [-0.2, -0.15) is 0 Å². The lowest BCUT2D eigenvalue weighted by Gasteiger charge is -2.27. The van der Waals surface area contributed by atoms with Crippen LogP contribution in [0.1, 0.15) is 29.5 Å². The van der Waals surface area contributed by atoms with Crippen molar-refractivity contribution in [3.05, 3.63) is 65.2 Å². The van der Waals surface area contributed by atoms with Crippen LogP contribution < -0.4 is 20.7 Å². The number of hydrogen-bond acceptors (Lipinski definition) is 3. The molecule has 0 radical (unpaired) electrons. The highest BCUT2D eigenvalue weighted by molar-refractivity contribution is 5.74. The van der Waals surface area contributed by atoms with E-state index in [9.17, 15) is 4.79 Å². The highest BCUT2D eigenvalue weighted by Crippen LogP contribution is 2.28. The molecule has 5 nitrogen and oxygen atoms in total. The second-order valence-corrected chi connectivity index (χ2v) is 8.19. The molecular formula is C24H31N3O2. The lowest BCUT2D eigenvalue weighted by Crippen LogP contribution is -2.48. The normalized spacial score (nSPS) is 19.1. The fourth-order valence-electron chi connectivity index (χ4n) is 4.17. The Balaban J connectivity index is 1.26. The minimum absolute atomic E-state index is 0.0562.